The molecule has 1 aromatic heterocycles. The van der Waals surface area contributed by atoms with Gasteiger partial charge in [-0.3, -0.25) is 0 Å². The first-order valence-electron chi connectivity index (χ1n) is 9.14. The number of carbonyl (C=O) groups excluding carboxylic acids is 1. The third kappa shape index (κ3) is 4.52. The zero-order valence-corrected chi connectivity index (χ0v) is 16.1. The lowest BCUT2D eigenvalue weighted by Crippen LogP contribution is -2.18. The van der Waals surface area contributed by atoms with Crippen LogP contribution in [0.15, 0.2) is 51.7 Å². The highest BCUT2D eigenvalue weighted by atomic mass is 16.6. The third-order valence-electron chi connectivity index (χ3n) is 4.23. The molecule has 0 radical (unpaired) electrons. The van der Waals surface area contributed by atoms with E-state index in [9.17, 15) is 9.59 Å². The second kappa shape index (κ2) is 8.61. The number of hydrogen-bond donors (Lipinski definition) is 0. The molecule has 3 rings (SSSR count). The standard InChI is InChI=1S/C22H22O6/c1-4-15-11-18-14(3)10-21(23)28-20(18)12-19(15)27-22(24)13-26-17-8-6-16(7-9-17)25-5-2/h6-12H,4-5,13H2,1-3H3. The Balaban J connectivity index is 1.72. The Hall–Kier alpha value is -3.28. The summed E-state index contributed by atoms with van der Waals surface area (Å²) in [7, 11) is 0. The van der Waals surface area contributed by atoms with Gasteiger partial charge in [-0.05, 0) is 61.7 Å². The minimum atomic E-state index is -0.544. The van der Waals surface area contributed by atoms with Crippen molar-refractivity contribution in [1.82, 2.24) is 0 Å². The lowest BCUT2D eigenvalue weighted by atomic mass is 10.1. The number of aryl methyl sites for hydroxylation is 2. The van der Waals surface area contributed by atoms with Crippen molar-refractivity contribution in [3.63, 3.8) is 0 Å². The highest BCUT2D eigenvalue weighted by Crippen LogP contribution is 2.28. The molecule has 6 nitrogen and oxygen atoms in total. The van der Waals surface area contributed by atoms with E-state index < -0.39 is 11.6 Å². The molecule has 0 aliphatic rings. The van der Waals surface area contributed by atoms with Gasteiger partial charge in [0.25, 0.3) is 0 Å². The van der Waals surface area contributed by atoms with Crippen molar-refractivity contribution in [3.05, 3.63) is 64.0 Å². The zero-order valence-electron chi connectivity index (χ0n) is 16.1. The van der Waals surface area contributed by atoms with Gasteiger partial charge in [-0.15, -0.1) is 0 Å². The molecular formula is C22H22O6. The Morgan fingerprint density at radius 3 is 2.32 bits per heavy atom. The highest BCUT2D eigenvalue weighted by Gasteiger charge is 2.13. The van der Waals surface area contributed by atoms with E-state index >= 15 is 0 Å². The average Bonchev–Trinajstić information content (AvgIpc) is 2.67. The Morgan fingerprint density at radius 1 is 1.00 bits per heavy atom. The molecule has 0 bridgehead atoms. The minimum Gasteiger partial charge on any atom is -0.494 e. The van der Waals surface area contributed by atoms with E-state index in [1.54, 1.807) is 30.3 Å². The van der Waals surface area contributed by atoms with E-state index in [4.69, 9.17) is 18.6 Å². The number of benzene rings is 2. The Kier molecular flexibility index (Phi) is 5.99. The van der Waals surface area contributed by atoms with Crippen LogP contribution in [0.3, 0.4) is 0 Å². The van der Waals surface area contributed by atoms with Crippen LogP contribution in [0, 0.1) is 6.92 Å². The van der Waals surface area contributed by atoms with Crippen LogP contribution < -0.4 is 19.8 Å². The maximum atomic E-state index is 12.2. The Labute approximate surface area is 162 Å². The predicted molar refractivity (Wildman–Crippen MR) is 105 cm³/mol. The molecular weight excluding hydrogens is 360 g/mol. The molecule has 0 aliphatic carbocycles. The number of fused-ring (bicyclic) bond motifs is 1. The monoisotopic (exact) mass is 382 g/mol. The molecule has 0 fully saturated rings. The van der Waals surface area contributed by atoms with Gasteiger partial charge in [0.1, 0.15) is 22.8 Å². The number of rotatable bonds is 7. The Morgan fingerprint density at radius 2 is 1.68 bits per heavy atom. The van der Waals surface area contributed by atoms with Crippen molar-refractivity contribution in [1.29, 1.82) is 0 Å². The third-order valence-corrected chi connectivity index (χ3v) is 4.23. The van der Waals surface area contributed by atoms with Gasteiger partial charge in [0.2, 0.25) is 0 Å². The molecule has 6 heteroatoms. The second-order valence-electron chi connectivity index (χ2n) is 6.23. The summed E-state index contributed by atoms with van der Waals surface area (Å²) in [6, 6.07) is 11.9. The lowest BCUT2D eigenvalue weighted by molar-refractivity contribution is -0.136. The molecule has 0 N–H and O–H groups in total. The molecule has 28 heavy (non-hydrogen) atoms. The summed E-state index contributed by atoms with van der Waals surface area (Å²) >= 11 is 0. The SMILES string of the molecule is CCOc1ccc(OCC(=O)Oc2cc3oc(=O)cc(C)c3cc2CC)cc1. The van der Waals surface area contributed by atoms with Gasteiger partial charge in [0.05, 0.1) is 6.61 Å². The fourth-order valence-electron chi connectivity index (χ4n) is 2.86. The van der Waals surface area contributed by atoms with Crippen molar-refractivity contribution in [2.24, 2.45) is 0 Å². The topological polar surface area (TPSA) is 75.0 Å². The molecule has 0 spiro atoms. The largest absolute Gasteiger partial charge is 0.494 e. The van der Waals surface area contributed by atoms with E-state index in [2.05, 4.69) is 0 Å². The van der Waals surface area contributed by atoms with Gasteiger partial charge >= 0.3 is 11.6 Å². The van der Waals surface area contributed by atoms with Gasteiger partial charge in [-0.2, -0.15) is 0 Å². The van der Waals surface area contributed by atoms with Gasteiger partial charge in [0, 0.05) is 17.5 Å². The first kappa shape index (κ1) is 19.5. The summed E-state index contributed by atoms with van der Waals surface area (Å²) in [4.78, 5) is 23.8. The molecule has 0 saturated carbocycles. The molecule has 0 unspecified atom stereocenters. The van der Waals surface area contributed by atoms with E-state index in [-0.39, 0.29) is 6.61 Å². The zero-order chi connectivity index (χ0) is 20.1. The first-order chi connectivity index (χ1) is 13.5. The van der Waals surface area contributed by atoms with Crippen LogP contribution in [0.1, 0.15) is 25.0 Å². The van der Waals surface area contributed by atoms with Crippen molar-refractivity contribution in [2.75, 3.05) is 13.2 Å². The summed E-state index contributed by atoms with van der Waals surface area (Å²) in [6.45, 7) is 6.05. The summed E-state index contributed by atoms with van der Waals surface area (Å²) in [5.41, 5.74) is 1.61. The summed E-state index contributed by atoms with van der Waals surface area (Å²) in [6.07, 6.45) is 0.664. The maximum absolute atomic E-state index is 12.2. The molecule has 0 aliphatic heterocycles. The molecule has 1 heterocycles. The first-order valence-corrected chi connectivity index (χ1v) is 9.14. The van der Waals surface area contributed by atoms with Crippen LogP contribution in [0.5, 0.6) is 17.2 Å². The summed E-state index contributed by atoms with van der Waals surface area (Å²) in [5.74, 6) is 1.09. The molecule has 0 saturated heterocycles. The van der Waals surface area contributed by atoms with E-state index in [0.29, 0.717) is 30.1 Å². The normalized spacial score (nSPS) is 10.7. The van der Waals surface area contributed by atoms with Crippen LogP contribution >= 0.6 is 0 Å². The van der Waals surface area contributed by atoms with Crippen LogP contribution in [0.4, 0.5) is 0 Å². The second-order valence-corrected chi connectivity index (χ2v) is 6.23. The van der Waals surface area contributed by atoms with Crippen LogP contribution in [-0.2, 0) is 11.2 Å². The smallest absolute Gasteiger partial charge is 0.349 e. The number of hydrogen-bond acceptors (Lipinski definition) is 6. The summed E-state index contributed by atoms with van der Waals surface area (Å²) < 4.78 is 21.5. The average molecular weight is 382 g/mol. The van der Waals surface area contributed by atoms with Gasteiger partial charge < -0.3 is 18.6 Å². The molecule has 0 atom stereocenters. The van der Waals surface area contributed by atoms with Crippen LogP contribution in [0.2, 0.25) is 0 Å². The van der Waals surface area contributed by atoms with E-state index in [1.807, 2.05) is 26.8 Å². The highest BCUT2D eigenvalue weighted by molar-refractivity contribution is 5.84. The van der Waals surface area contributed by atoms with Crippen molar-refractivity contribution in [2.45, 2.75) is 27.2 Å². The lowest BCUT2D eigenvalue weighted by Gasteiger charge is -2.12. The number of ether oxygens (including phenoxy) is 3. The Bertz CT molecular complexity index is 1030. The minimum absolute atomic E-state index is 0.243. The predicted octanol–water partition coefficient (Wildman–Crippen LogP) is 4.05. The van der Waals surface area contributed by atoms with Gasteiger partial charge in [0.15, 0.2) is 6.61 Å². The number of carbonyl (C=O) groups is 1. The molecule has 146 valence electrons. The maximum Gasteiger partial charge on any atom is 0.349 e. The van der Waals surface area contributed by atoms with Gasteiger partial charge in [-0.1, -0.05) is 6.92 Å². The van der Waals surface area contributed by atoms with Crippen molar-refractivity contribution in [3.8, 4) is 17.2 Å². The van der Waals surface area contributed by atoms with Gasteiger partial charge in [-0.25, -0.2) is 9.59 Å². The van der Waals surface area contributed by atoms with Crippen LogP contribution in [-0.4, -0.2) is 19.2 Å². The quantitative estimate of drug-likeness (QED) is 0.349. The summed E-state index contributed by atoms with van der Waals surface area (Å²) in [5, 5.41) is 0.821. The van der Waals surface area contributed by atoms with E-state index in [0.717, 1.165) is 22.3 Å². The molecule has 2 aromatic carbocycles. The van der Waals surface area contributed by atoms with Crippen molar-refractivity contribution >= 4 is 16.9 Å². The fraction of sp³-hybridized carbons (Fsp3) is 0.273. The molecule has 0 amide bonds. The van der Waals surface area contributed by atoms with Crippen LogP contribution in [0.25, 0.3) is 11.0 Å². The molecule has 3 aromatic rings. The van der Waals surface area contributed by atoms with Crippen molar-refractivity contribution < 1.29 is 23.4 Å². The number of esters is 1. The van der Waals surface area contributed by atoms with E-state index in [1.165, 1.54) is 6.07 Å². The fourth-order valence-corrected chi connectivity index (χ4v) is 2.86.